The van der Waals surface area contributed by atoms with Crippen molar-refractivity contribution in [2.24, 2.45) is 0 Å². The molecule has 3 rings (SSSR count). The molecule has 136 valence electrons. The third-order valence-electron chi connectivity index (χ3n) is 4.00. The first-order valence-corrected chi connectivity index (χ1v) is 8.48. The smallest absolute Gasteiger partial charge is 0.255 e. The summed E-state index contributed by atoms with van der Waals surface area (Å²) in [6, 6.07) is 19.0. The Bertz CT molecular complexity index is 946. The molecule has 3 aromatic rings. The zero-order valence-electron chi connectivity index (χ0n) is 14.1. The van der Waals surface area contributed by atoms with Crippen molar-refractivity contribution in [3.8, 4) is 0 Å². The summed E-state index contributed by atoms with van der Waals surface area (Å²) in [5.41, 5.74) is 4.08. The first kappa shape index (κ1) is 18.6. The number of aromatic nitrogens is 1. The fourth-order valence-electron chi connectivity index (χ4n) is 2.71. The van der Waals surface area contributed by atoms with E-state index in [4.69, 9.17) is 16.8 Å². The van der Waals surface area contributed by atoms with Crippen molar-refractivity contribution < 1.29 is 14.8 Å². The Kier molecular flexibility index (Phi) is 5.80. The van der Waals surface area contributed by atoms with E-state index in [2.05, 4.69) is 10.3 Å². The number of nitrogens with zero attached hydrogens (tertiary/aromatic N) is 1. The van der Waals surface area contributed by atoms with Crippen LogP contribution in [0.2, 0.25) is 5.15 Å². The lowest BCUT2D eigenvalue weighted by Gasteiger charge is -2.16. The number of hydroxylamine groups is 1. The van der Waals surface area contributed by atoms with Gasteiger partial charge in [0.05, 0.1) is 5.92 Å². The number of benzene rings is 2. The summed E-state index contributed by atoms with van der Waals surface area (Å²) < 4.78 is 0. The summed E-state index contributed by atoms with van der Waals surface area (Å²) in [7, 11) is 0. The molecule has 0 aliphatic rings. The van der Waals surface area contributed by atoms with Crippen LogP contribution in [0.25, 0.3) is 0 Å². The van der Waals surface area contributed by atoms with Crippen LogP contribution >= 0.6 is 11.6 Å². The van der Waals surface area contributed by atoms with Crippen LogP contribution in [0.4, 0.5) is 5.69 Å². The van der Waals surface area contributed by atoms with Crippen LogP contribution in [-0.2, 0) is 4.79 Å². The van der Waals surface area contributed by atoms with Crippen LogP contribution in [0.3, 0.4) is 0 Å². The number of anilines is 1. The lowest BCUT2D eigenvalue weighted by molar-refractivity contribution is -0.129. The highest BCUT2D eigenvalue weighted by atomic mass is 35.5. The predicted molar refractivity (Wildman–Crippen MR) is 102 cm³/mol. The molecule has 2 amide bonds. The molecule has 1 aromatic heterocycles. The largest absolute Gasteiger partial charge is 0.322 e. The normalized spacial score (nSPS) is 11.5. The van der Waals surface area contributed by atoms with Crippen molar-refractivity contribution in [1.82, 2.24) is 10.5 Å². The van der Waals surface area contributed by atoms with Crippen LogP contribution in [0.15, 0.2) is 72.9 Å². The van der Waals surface area contributed by atoms with Crippen LogP contribution in [0.5, 0.6) is 0 Å². The zero-order chi connectivity index (χ0) is 19.2. The maximum atomic E-state index is 12.3. The SMILES string of the molecule is O=C(Nc1ccc(C(C(=O)NO)c2ccccc2)cc1)c1ccnc(Cl)c1. The second-order valence-electron chi connectivity index (χ2n) is 5.76. The summed E-state index contributed by atoms with van der Waals surface area (Å²) >= 11 is 5.80. The van der Waals surface area contributed by atoms with Gasteiger partial charge in [0.25, 0.3) is 11.8 Å². The minimum atomic E-state index is -0.667. The molecule has 7 heteroatoms. The monoisotopic (exact) mass is 381 g/mol. The molecular formula is C20H16ClN3O3. The van der Waals surface area contributed by atoms with Gasteiger partial charge >= 0.3 is 0 Å². The van der Waals surface area contributed by atoms with Crippen LogP contribution in [-0.4, -0.2) is 22.0 Å². The Morgan fingerprint density at radius 2 is 1.63 bits per heavy atom. The highest BCUT2D eigenvalue weighted by Crippen LogP contribution is 2.26. The van der Waals surface area contributed by atoms with Gasteiger partial charge in [0.2, 0.25) is 0 Å². The molecular weight excluding hydrogens is 366 g/mol. The lowest BCUT2D eigenvalue weighted by atomic mass is 9.90. The first-order chi connectivity index (χ1) is 13.1. The maximum Gasteiger partial charge on any atom is 0.255 e. The number of carbonyl (C=O) groups is 2. The van der Waals surface area contributed by atoms with Crippen LogP contribution in [0, 0.1) is 0 Å². The van der Waals surface area contributed by atoms with Crippen LogP contribution in [0.1, 0.15) is 27.4 Å². The van der Waals surface area contributed by atoms with E-state index in [1.807, 2.05) is 30.3 Å². The van der Waals surface area contributed by atoms with Gasteiger partial charge in [0.15, 0.2) is 0 Å². The van der Waals surface area contributed by atoms with E-state index in [0.717, 1.165) is 5.56 Å². The first-order valence-electron chi connectivity index (χ1n) is 8.10. The molecule has 1 unspecified atom stereocenters. The van der Waals surface area contributed by atoms with Crippen molar-refractivity contribution in [2.45, 2.75) is 5.92 Å². The molecule has 0 aliphatic carbocycles. The van der Waals surface area contributed by atoms with Crippen LogP contribution < -0.4 is 10.8 Å². The minimum Gasteiger partial charge on any atom is -0.322 e. The summed E-state index contributed by atoms with van der Waals surface area (Å²) in [5, 5.41) is 12.1. The molecule has 0 saturated heterocycles. The van der Waals surface area contributed by atoms with Gasteiger partial charge in [-0.05, 0) is 35.4 Å². The summed E-state index contributed by atoms with van der Waals surface area (Å²) in [5.74, 6) is -1.52. The molecule has 3 N–H and O–H groups in total. The standard InChI is InChI=1S/C20H16ClN3O3/c21-17-12-15(10-11-22-17)19(25)23-16-8-6-14(7-9-16)18(20(26)24-27)13-4-2-1-3-5-13/h1-12,18,27H,(H,23,25)(H,24,26). The van der Waals surface area contributed by atoms with Gasteiger partial charge in [0.1, 0.15) is 5.15 Å². The van der Waals surface area contributed by atoms with Gasteiger partial charge in [0, 0.05) is 17.4 Å². The van der Waals surface area contributed by atoms with Crippen molar-refractivity contribution >= 4 is 29.1 Å². The average molecular weight is 382 g/mol. The van der Waals surface area contributed by atoms with Gasteiger partial charge in [-0.15, -0.1) is 0 Å². The average Bonchev–Trinajstić information content (AvgIpc) is 2.70. The molecule has 0 bridgehead atoms. The van der Waals surface area contributed by atoms with Gasteiger partial charge in [-0.1, -0.05) is 54.1 Å². The minimum absolute atomic E-state index is 0.235. The number of pyridine rings is 1. The van der Waals surface area contributed by atoms with Crippen molar-refractivity contribution in [3.05, 3.63) is 94.8 Å². The summed E-state index contributed by atoms with van der Waals surface area (Å²) in [4.78, 5) is 28.3. The molecule has 0 aliphatic heterocycles. The Hall–Kier alpha value is -3.22. The van der Waals surface area contributed by atoms with Gasteiger partial charge in [-0.25, -0.2) is 10.5 Å². The third kappa shape index (κ3) is 4.49. The van der Waals surface area contributed by atoms with Gasteiger partial charge in [-0.2, -0.15) is 0 Å². The number of amides is 2. The van der Waals surface area contributed by atoms with E-state index in [1.165, 1.54) is 12.3 Å². The van der Waals surface area contributed by atoms with E-state index in [9.17, 15) is 9.59 Å². The molecule has 0 radical (unpaired) electrons. The number of halogens is 1. The highest BCUT2D eigenvalue weighted by Gasteiger charge is 2.22. The van der Waals surface area contributed by atoms with Gasteiger partial charge < -0.3 is 5.32 Å². The van der Waals surface area contributed by atoms with Crippen molar-refractivity contribution in [1.29, 1.82) is 0 Å². The van der Waals surface area contributed by atoms with E-state index in [-0.39, 0.29) is 11.1 Å². The molecule has 1 heterocycles. The van der Waals surface area contributed by atoms with Crippen molar-refractivity contribution in [2.75, 3.05) is 5.32 Å². The van der Waals surface area contributed by atoms with Crippen molar-refractivity contribution in [3.63, 3.8) is 0 Å². The number of carbonyl (C=O) groups excluding carboxylic acids is 2. The second kappa shape index (κ2) is 8.44. The van der Waals surface area contributed by atoms with E-state index >= 15 is 0 Å². The molecule has 1 atom stereocenters. The number of nitrogens with one attached hydrogen (secondary N) is 2. The topological polar surface area (TPSA) is 91.3 Å². The third-order valence-corrected chi connectivity index (χ3v) is 4.20. The molecule has 27 heavy (non-hydrogen) atoms. The number of hydrogen-bond acceptors (Lipinski definition) is 4. The summed E-state index contributed by atoms with van der Waals surface area (Å²) in [6.45, 7) is 0. The van der Waals surface area contributed by atoms with E-state index in [0.29, 0.717) is 16.8 Å². The second-order valence-corrected chi connectivity index (χ2v) is 6.15. The molecule has 0 fully saturated rings. The lowest BCUT2D eigenvalue weighted by Crippen LogP contribution is -2.27. The Labute approximate surface area is 160 Å². The predicted octanol–water partition coefficient (Wildman–Crippen LogP) is 3.62. The molecule has 0 spiro atoms. The maximum absolute atomic E-state index is 12.3. The molecule has 0 saturated carbocycles. The fourth-order valence-corrected chi connectivity index (χ4v) is 2.89. The number of hydrogen-bond donors (Lipinski definition) is 3. The van der Waals surface area contributed by atoms with Gasteiger partial charge in [-0.3, -0.25) is 14.8 Å². The fraction of sp³-hybridized carbons (Fsp3) is 0.0500. The Morgan fingerprint density at radius 3 is 2.26 bits per heavy atom. The van der Waals surface area contributed by atoms with E-state index in [1.54, 1.807) is 35.8 Å². The quantitative estimate of drug-likeness (QED) is 0.357. The molecule has 6 nitrogen and oxygen atoms in total. The van der Waals surface area contributed by atoms with E-state index < -0.39 is 11.8 Å². The highest BCUT2D eigenvalue weighted by molar-refractivity contribution is 6.29. The summed E-state index contributed by atoms with van der Waals surface area (Å²) in [6.07, 6.45) is 1.46. The Balaban J connectivity index is 1.81. The Morgan fingerprint density at radius 1 is 0.963 bits per heavy atom. The number of rotatable bonds is 5. The zero-order valence-corrected chi connectivity index (χ0v) is 14.9. The molecule has 2 aromatic carbocycles.